The van der Waals surface area contributed by atoms with Crippen LogP contribution in [0.5, 0.6) is 0 Å². The third-order valence-corrected chi connectivity index (χ3v) is 2.20. The number of hydrogen-bond acceptors (Lipinski definition) is 4. The van der Waals surface area contributed by atoms with E-state index in [0.717, 1.165) is 0 Å². The van der Waals surface area contributed by atoms with Crippen LogP contribution < -0.4 is 5.14 Å². The maximum atomic E-state index is 11.0. The minimum Gasteiger partial charge on any atom is -0.356 e. The van der Waals surface area contributed by atoms with Crippen LogP contribution in [0.3, 0.4) is 0 Å². The van der Waals surface area contributed by atoms with E-state index in [-0.39, 0.29) is 16.7 Å². The molecule has 0 saturated carbocycles. The van der Waals surface area contributed by atoms with E-state index in [1.165, 1.54) is 0 Å². The van der Waals surface area contributed by atoms with Gasteiger partial charge in [0, 0.05) is 5.39 Å². The summed E-state index contributed by atoms with van der Waals surface area (Å²) in [6.07, 6.45) is 0. The van der Waals surface area contributed by atoms with Crippen molar-refractivity contribution >= 4 is 21.0 Å². The zero-order chi connectivity index (χ0) is 13.7. The molecule has 1 aromatic carbocycles. The van der Waals surface area contributed by atoms with E-state index >= 15 is 0 Å². The maximum absolute atomic E-state index is 11.0. The van der Waals surface area contributed by atoms with Gasteiger partial charge in [0.2, 0.25) is 10.0 Å². The molecule has 0 atom stereocenters. The number of nitrogens with zero attached hydrogens (tertiary/aromatic N) is 1. The second-order valence-electron chi connectivity index (χ2n) is 2.64. The Morgan fingerprint density at radius 2 is 2.21 bits per heavy atom. The van der Waals surface area contributed by atoms with E-state index < -0.39 is 39.9 Å². The zero-order valence-electron chi connectivity index (χ0n) is 10.9. The number of primary sulfonamides is 1. The SMILES string of the molecule is [2H]c1c([2H])c([2H])c2c(CS([15NH2])(=O)=O)noc2c1[2H]. The largest absolute Gasteiger partial charge is 0.356 e. The first-order valence-electron chi connectivity index (χ1n) is 5.57. The summed E-state index contributed by atoms with van der Waals surface area (Å²) in [6.45, 7) is 0. The fraction of sp³-hybridized carbons (Fsp3) is 0.125. The van der Waals surface area contributed by atoms with Crippen molar-refractivity contribution in [2.75, 3.05) is 0 Å². The Morgan fingerprint density at radius 1 is 1.50 bits per heavy atom. The first-order valence-corrected chi connectivity index (χ1v) is 5.29. The van der Waals surface area contributed by atoms with Gasteiger partial charge in [-0.1, -0.05) is 17.2 Å². The molecule has 0 fully saturated rings. The average molecular weight is 217 g/mol. The van der Waals surface area contributed by atoms with Gasteiger partial charge in [-0.25, -0.2) is 13.6 Å². The molecule has 74 valence electrons. The van der Waals surface area contributed by atoms with Crippen LogP contribution in [0, 0.1) is 0 Å². The van der Waals surface area contributed by atoms with Crippen LogP contribution >= 0.6 is 0 Å². The molecule has 6 heteroatoms. The van der Waals surface area contributed by atoms with Crippen LogP contribution in [0.4, 0.5) is 0 Å². The molecule has 0 spiro atoms. The Morgan fingerprint density at radius 3 is 2.93 bits per heavy atom. The molecule has 1 aromatic heterocycles. The molecule has 5 nitrogen and oxygen atoms in total. The summed E-state index contributed by atoms with van der Waals surface area (Å²) in [7, 11) is -3.87. The number of nitrogens with two attached hydrogens (primary N) is 1. The quantitative estimate of drug-likeness (QED) is 0.747. The molecule has 0 bridgehead atoms. The van der Waals surface area contributed by atoms with E-state index in [4.69, 9.17) is 15.1 Å². The molecule has 2 N–H and O–H groups in total. The van der Waals surface area contributed by atoms with Crippen molar-refractivity contribution in [1.29, 1.82) is 0 Å². The Balaban J connectivity index is 2.81. The van der Waals surface area contributed by atoms with Crippen LogP contribution in [-0.2, 0) is 15.8 Å². The number of sulfonamides is 1. The normalized spacial score (nSPS) is 16.1. The predicted molar refractivity (Wildman–Crippen MR) is 50.8 cm³/mol. The van der Waals surface area contributed by atoms with Gasteiger partial charge in [-0.2, -0.15) is 0 Å². The van der Waals surface area contributed by atoms with Crippen LogP contribution in [0.15, 0.2) is 28.7 Å². The first-order chi connectivity index (χ1) is 8.22. The molecule has 2 aromatic rings. The minimum absolute atomic E-state index is 0.0602. The van der Waals surface area contributed by atoms with Crippen LogP contribution in [-0.4, -0.2) is 13.6 Å². The number of hydrogen-bond donors (Lipinski definition) is 1. The third-order valence-electron chi connectivity index (χ3n) is 1.53. The lowest BCUT2D eigenvalue weighted by atomic mass is 10.2. The van der Waals surface area contributed by atoms with Crippen molar-refractivity contribution in [2.24, 2.45) is 5.14 Å². The number of fused-ring (bicyclic) bond motifs is 1. The Kier molecular flexibility index (Phi) is 1.20. The Bertz CT molecular complexity index is 741. The van der Waals surface area contributed by atoms with Crippen molar-refractivity contribution in [3.8, 4) is 0 Å². The summed E-state index contributed by atoms with van der Waals surface area (Å²) in [5.74, 6) is -0.651. The van der Waals surface area contributed by atoms with Crippen molar-refractivity contribution in [1.82, 2.24) is 5.16 Å². The van der Waals surface area contributed by atoms with Crippen LogP contribution in [0.1, 0.15) is 11.2 Å². The molecule has 1 heterocycles. The van der Waals surface area contributed by atoms with Crippen molar-refractivity contribution < 1.29 is 18.4 Å². The lowest BCUT2D eigenvalue weighted by molar-refractivity contribution is 0.448. The molecule has 0 saturated heterocycles. The second-order valence-corrected chi connectivity index (χ2v) is 4.25. The Labute approximate surface area is 86.2 Å². The summed E-state index contributed by atoms with van der Waals surface area (Å²) >= 11 is 0. The van der Waals surface area contributed by atoms with Gasteiger partial charge in [0.1, 0.15) is 11.4 Å². The number of rotatable bonds is 2. The van der Waals surface area contributed by atoms with E-state index in [1.807, 2.05) is 0 Å². The predicted octanol–water partition coefficient (Wildman–Crippen LogP) is 0.616. The van der Waals surface area contributed by atoms with Crippen molar-refractivity contribution in [3.63, 3.8) is 0 Å². The molecule has 0 aliphatic carbocycles. The van der Waals surface area contributed by atoms with Gasteiger partial charge in [0.25, 0.3) is 0 Å². The van der Waals surface area contributed by atoms with Crippen molar-refractivity contribution in [3.05, 3.63) is 29.9 Å². The molecule has 0 aliphatic heterocycles. The average Bonchev–Trinajstić information content (AvgIpc) is 2.65. The summed E-state index contributed by atoms with van der Waals surface area (Å²) in [4.78, 5) is 0. The molecular weight excluding hydrogens is 205 g/mol. The molecule has 0 aliphatic rings. The Hall–Kier alpha value is -1.40. The monoisotopic (exact) mass is 217 g/mol. The first kappa shape index (κ1) is 5.47. The smallest absolute Gasteiger partial charge is 0.214 e. The molecule has 14 heavy (non-hydrogen) atoms. The van der Waals surface area contributed by atoms with Gasteiger partial charge in [-0.05, 0) is 12.1 Å². The fourth-order valence-electron chi connectivity index (χ4n) is 1.01. The molecule has 0 unspecified atom stereocenters. The lowest BCUT2D eigenvalue weighted by Crippen LogP contribution is -2.14. The third kappa shape index (κ3) is 1.75. The topological polar surface area (TPSA) is 86.2 Å². The molecule has 2 rings (SSSR count). The van der Waals surface area contributed by atoms with Gasteiger partial charge in [0.15, 0.2) is 5.58 Å². The van der Waals surface area contributed by atoms with Gasteiger partial charge in [-0.15, -0.1) is 0 Å². The highest BCUT2D eigenvalue weighted by atomic mass is 32.2. The highest BCUT2D eigenvalue weighted by Gasteiger charge is 2.12. The summed E-state index contributed by atoms with van der Waals surface area (Å²) in [5, 5.41) is 8.26. The van der Waals surface area contributed by atoms with Crippen LogP contribution in [0.25, 0.3) is 11.0 Å². The van der Waals surface area contributed by atoms with E-state index in [1.54, 1.807) is 0 Å². The lowest BCUT2D eigenvalue weighted by Gasteiger charge is -1.92. The zero-order valence-corrected chi connectivity index (χ0v) is 7.68. The van der Waals surface area contributed by atoms with E-state index in [2.05, 4.69) is 5.16 Å². The molecule has 0 amide bonds. The highest BCUT2D eigenvalue weighted by molar-refractivity contribution is 7.88. The van der Waals surface area contributed by atoms with E-state index in [0.29, 0.717) is 0 Å². The molecule has 0 radical (unpaired) electrons. The van der Waals surface area contributed by atoms with Crippen molar-refractivity contribution in [2.45, 2.75) is 5.75 Å². The van der Waals surface area contributed by atoms with Gasteiger partial charge in [-0.3, -0.25) is 0 Å². The fourth-order valence-corrected chi connectivity index (χ4v) is 1.59. The number of benzene rings is 1. The summed E-state index contributed by atoms with van der Waals surface area (Å²) < 4.78 is 56.9. The minimum atomic E-state index is -3.87. The highest BCUT2D eigenvalue weighted by Crippen LogP contribution is 2.18. The van der Waals surface area contributed by atoms with Gasteiger partial charge < -0.3 is 4.52 Å². The summed E-state index contributed by atoms with van der Waals surface area (Å²) in [5.41, 5.74) is -0.306. The maximum Gasteiger partial charge on any atom is 0.214 e. The standard InChI is InChI=1S/C8H8N2O3S/c9-14(11,12)5-7-6-3-1-2-4-8(6)13-10-7/h1-4H,5H2,(H2,9,11,12)/i1D,2D,3D,4D,9+1. The number of aromatic nitrogens is 1. The van der Waals surface area contributed by atoms with Gasteiger partial charge >= 0.3 is 0 Å². The van der Waals surface area contributed by atoms with Gasteiger partial charge in [0.05, 0.1) is 5.48 Å². The second kappa shape index (κ2) is 3.07. The number of para-hydroxylation sites is 1. The molecular formula is C8H8N2O3S. The summed E-state index contributed by atoms with van der Waals surface area (Å²) in [6, 6.07) is -1.75. The van der Waals surface area contributed by atoms with E-state index in [9.17, 15) is 8.42 Å². The van der Waals surface area contributed by atoms with Crippen LogP contribution in [0.2, 0.25) is 0 Å².